The second kappa shape index (κ2) is 16.1. The quantitative estimate of drug-likeness (QED) is 0.189. The summed E-state index contributed by atoms with van der Waals surface area (Å²) in [6.07, 6.45) is 1.59. The average molecular weight is 713 g/mol. The summed E-state index contributed by atoms with van der Waals surface area (Å²) in [6.45, 7) is 15.0. The number of benzene rings is 1. The van der Waals surface area contributed by atoms with E-state index >= 15 is 0 Å². The van der Waals surface area contributed by atoms with E-state index in [2.05, 4.69) is 76.0 Å². The molecule has 1 aromatic carbocycles. The van der Waals surface area contributed by atoms with Gasteiger partial charge >= 0.3 is 5.97 Å². The summed E-state index contributed by atoms with van der Waals surface area (Å²) in [5.74, 6) is 0.351. The van der Waals surface area contributed by atoms with Crippen molar-refractivity contribution in [3.8, 4) is 0 Å². The molecule has 4 N–H and O–H groups in total. The molecular formula is C39H60N4O6S. The van der Waals surface area contributed by atoms with Crippen LogP contribution in [0.3, 0.4) is 0 Å². The van der Waals surface area contributed by atoms with E-state index < -0.39 is 30.1 Å². The van der Waals surface area contributed by atoms with Crippen molar-refractivity contribution in [2.75, 3.05) is 27.2 Å². The number of carboxylic acids is 1. The third kappa shape index (κ3) is 8.46. The topological polar surface area (TPSA) is 126 Å². The van der Waals surface area contributed by atoms with Crippen molar-refractivity contribution < 1.29 is 29.7 Å². The number of likely N-dealkylation sites (N-methyl/N-ethyl adjacent to an activating group) is 1. The first-order chi connectivity index (χ1) is 23.6. The Hall–Kier alpha value is -2.38. The smallest absolute Gasteiger partial charge is 0.336 e. The Morgan fingerprint density at radius 3 is 2.44 bits per heavy atom. The number of thiophene rings is 1. The highest BCUT2D eigenvalue weighted by molar-refractivity contribution is 7.10. The summed E-state index contributed by atoms with van der Waals surface area (Å²) in [6, 6.07) is 9.45. The van der Waals surface area contributed by atoms with Crippen molar-refractivity contribution in [2.45, 2.75) is 111 Å². The predicted octanol–water partition coefficient (Wildman–Crippen LogP) is 5.09. The molecule has 9 atom stereocenters. The molecule has 11 heteroatoms. The standard InChI is InChI=1S/C39H60N4O6S/c1-23(2)14-29(20-41(7)8)42(21-34-30(38(47)48)12-13-50-34)18-26-10-9-11-27(15-26)19-43-36(35(25(4)45)33(22-44)49-43)37(46)40-32-17-28-16-31(24(32)3)39(28,5)6/h9-13,15,23-25,28-29,31-33,35-36,44-45H,14,16-22H2,1-8H3,(H,40,46)(H,47,48)/t24-,25-,28+,29-,31-,32-,33-,35+,36-/m0/s1. The zero-order valence-corrected chi connectivity index (χ0v) is 32.0. The van der Waals surface area contributed by atoms with Gasteiger partial charge in [0.2, 0.25) is 5.91 Å². The van der Waals surface area contributed by atoms with Crippen LogP contribution in [-0.4, -0.2) is 99.6 Å². The van der Waals surface area contributed by atoms with Crippen molar-refractivity contribution in [3.63, 3.8) is 0 Å². The molecule has 2 heterocycles. The fraction of sp³-hybridized carbons (Fsp3) is 0.692. The van der Waals surface area contributed by atoms with Crippen LogP contribution in [0.4, 0.5) is 0 Å². The van der Waals surface area contributed by atoms with Crippen LogP contribution in [0.25, 0.3) is 0 Å². The molecule has 1 aliphatic heterocycles. The van der Waals surface area contributed by atoms with Gasteiger partial charge in [-0.25, -0.2) is 4.79 Å². The van der Waals surface area contributed by atoms with E-state index in [1.165, 1.54) is 17.8 Å². The lowest BCUT2D eigenvalue weighted by molar-refractivity contribution is -0.183. The fourth-order valence-corrected chi connectivity index (χ4v) is 10.1. The third-order valence-corrected chi connectivity index (χ3v) is 12.8. The Kier molecular flexibility index (Phi) is 12.5. The number of aliphatic hydroxyl groups excluding tert-OH is 2. The van der Waals surface area contributed by atoms with Crippen LogP contribution in [-0.2, 0) is 29.3 Å². The highest BCUT2D eigenvalue weighted by atomic mass is 32.1. The molecule has 2 aromatic rings. The van der Waals surface area contributed by atoms with Crippen LogP contribution in [0.2, 0.25) is 0 Å². The molecule has 0 spiro atoms. The molecule has 4 fully saturated rings. The lowest BCUT2D eigenvalue weighted by atomic mass is 9.45. The molecule has 3 aliphatic carbocycles. The van der Waals surface area contributed by atoms with Gasteiger partial charge in [-0.05, 0) is 91.9 Å². The number of hydrogen-bond donors (Lipinski definition) is 4. The average Bonchev–Trinajstić information content (AvgIpc) is 3.65. The van der Waals surface area contributed by atoms with Gasteiger partial charge in [-0.15, -0.1) is 11.3 Å². The molecule has 1 aromatic heterocycles. The van der Waals surface area contributed by atoms with Crippen LogP contribution in [0.1, 0.15) is 87.2 Å². The summed E-state index contributed by atoms with van der Waals surface area (Å²) in [5, 5.41) is 37.9. The van der Waals surface area contributed by atoms with E-state index in [9.17, 15) is 24.9 Å². The van der Waals surface area contributed by atoms with Crippen molar-refractivity contribution in [1.29, 1.82) is 0 Å². The number of amides is 1. The maximum Gasteiger partial charge on any atom is 0.336 e. The maximum absolute atomic E-state index is 14.1. The molecule has 3 saturated carbocycles. The van der Waals surface area contributed by atoms with Crippen LogP contribution < -0.4 is 5.32 Å². The minimum absolute atomic E-state index is 0.0733. The predicted molar refractivity (Wildman–Crippen MR) is 196 cm³/mol. The van der Waals surface area contributed by atoms with E-state index in [1.54, 1.807) is 18.1 Å². The van der Waals surface area contributed by atoms with Gasteiger partial charge in [0.1, 0.15) is 12.1 Å². The van der Waals surface area contributed by atoms with E-state index in [-0.39, 0.29) is 24.6 Å². The summed E-state index contributed by atoms with van der Waals surface area (Å²) < 4.78 is 0. The molecule has 278 valence electrons. The van der Waals surface area contributed by atoms with Gasteiger partial charge in [0.25, 0.3) is 0 Å². The molecule has 0 unspecified atom stereocenters. The van der Waals surface area contributed by atoms with Gasteiger partial charge in [0.15, 0.2) is 0 Å². The number of aliphatic hydroxyl groups is 2. The molecule has 0 radical (unpaired) electrons. The molecular weight excluding hydrogens is 653 g/mol. The van der Waals surface area contributed by atoms with Crippen molar-refractivity contribution in [1.82, 2.24) is 20.2 Å². The first kappa shape index (κ1) is 38.8. The van der Waals surface area contributed by atoms with E-state index in [1.807, 2.05) is 17.5 Å². The Labute approximate surface area is 302 Å². The lowest BCUT2D eigenvalue weighted by Gasteiger charge is -2.62. The fourth-order valence-electron chi connectivity index (χ4n) is 9.18. The first-order valence-corrected chi connectivity index (χ1v) is 19.3. The number of fused-ring (bicyclic) bond motifs is 2. The zero-order valence-electron chi connectivity index (χ0n) is 31.2. The maximum atomic E-state index is 14.1. The third-order valence-electron chi connectivity index (χ3n) is 11.9. The number of carbonyl (C=O) groups excluding carboxylic acids is 1. The van der Waals surface area contributed by atoms with Crippen LogP contribution in [0.15, 0.2) is 35.7 Å². The second-order valence-corrected chi connectivity index (χ2v) is 17.6. The number of nitrogens with one attached hydrogen (secondary N) is 1. The second-order valence-electron chi connectivity index (χ2n) is 16.6. The number of carbonyl (C=O) groups is 2. The number of carboxylic acid groups (broad SMARTS) is 1. The van der Waals surface area contributed by atoms with Crippen molar-refractivity contribution >= 4 is 23.2 Å². The van der Waals surface area contributed by atoms with Gasteiger partial charge in [-0.2, -0.15) is 5.06 Å². The molecule has 6 rings (SSSR count). The first-order valence-electron chi connectivity index (χ1n) is 18.4. The Bertz CT molecular complexity index is 1450. The number of aromatic carboxylic acids is 1. The van der Waals surface area contributed by atoms with E-state index in [4.69, 9.17) is 4.84 Å². The summed E-state index contributed by atoms with van der Waals surface area (Å²) in [4.78, 5) is 37.8. The molecule has 50 heavy (non-hydrogen) atoms. The van der Waals surface area contributed by atoms with Gasteiger partial charge in [-0.1, -0.05) is 58.9 Å². The monoisotopic (exact) mass is 712 g/mol. The number of hydroxylamine groups is 2. The summed E-state index contributed by atoms with van der Waals surface area (Å²) in [5.41, 5.74) is 2.68. The highest BCUT2D eigenvalue weighted by Crippen LogP contribution is 2.61. The molecule has 10 nitrogen and oxygen atoms in total. The molecule has 4 aliphatic rings. The van der Waals surface area contributed by atoms with Gasteiger partial charge in [0.05, 0.1) is 24.8 Å². The molecule has 2 bridgehead atoms. The Balaban J connectivity index is 1.37. The van der Waals surface area contributed by atoms with Crippen molar-refractivity contribution in [2.24, 2.45) is 35.0 Å². The number of hydrogen-bond acceptors (Lipinski definition) is 9. The van der Waals surface area contributed by atoms with E-state index in [0.717, 1.165) is 35.4 Å². The molecule has 1 saturated heterocycles. The van der Waals surface area contributed by atoms with Gasteiger partial charge in [0, 0.05) is 42.5 Å². The van der Waals surface area contributed by atoms with Crippen LogP contribution >= 0.6 is 11.3 Å². The van der Waals surface area contributed by atoms with Gasteiger partial charge in [-0.3, -0.25) is 14.5 Å². The SMILES string of the molecule is CC(C)C[C@@H](CN(C)C)N(Cc1cccc(CN2O[C@@H](CO)[C@@H]([C@H](C)O)[C@H]2C(=O)N[C@H]2C[C@H]3C[C@@H]([C@@H]2C)C3(C)C)c1)Cc1sccc1C(=O)O. The Morgan fingerprint density at radius 2 is 1.84 bits per heavy atom. The number of rotatable bonds is 16. The van der Waals surface area contributed by atoms with Crippen LogP contribution in [0, 0.1) is 35.0 Å². The van der Waals surface area contributed by atoms with Gasteiger partial charge < -0.3 is 25.5 Å². The highest BCUT2D eigenvalue weighted by Gasteiger charge is 2.57. The van der Waals surface area contributed by atoms with Crippen molar-refractivity contribution in [3.05, 3.63) is 57.3 Å². The zero-order chi connectivity index (χ0) is 36.5. The largest absolute Gasteiger partial charge is 0.478 e. The number of nitrogens with zero attached hydrogens (tertiary/aromatic N) is 3. The summed E-state index contributed by atoms with van der Waals surface area (Å²) in [7, 11) is 4.14. The normalized spacial score (nSPS) is 28.9. The van der Waals surface area contributed by atoms with E-state index in [0.29, 0.717) is 54.3 Å². The van der Waals surface area contributed by atoms with Crippen LogP contribution in [0.5, 0.6) is 0 Å². The minimum atomic E-state index is -0.907. The molecule has 1 amide bonds. The minimum Gasteiger partial charge on any atom is -0.478 e. The summed E-state index contributed by atoms with van der Waals surface area (Å²) >= 11 is 1.48. The lowest BCUT2D eigenvalue weighted by Crippen LogP contribution is -2.62. The Morgan fingerprint density at radius 1 is 1.12 bits per heavy atom.